The van der Waals surface area contributed by atoms with Gasteiger partial charge in [-0.1, -0.05) is 0 Å². The molecule has 3 N–H and O–H groups in total. The molecule has 0 fully saturated rings. The Morgan fingerprint density at radius 2 is 1.95 bits per heavy atom. The van der Waals surface area contributed by atoms with Crippen molar-refractivity contribution in [2.75, 3.05) is 11.9 Å². The predicted molar refractivity (Wildman–Crippen MR) is 69.5 cm³/mol. The van der Waals surface area contributed by atoms with Crippen LogP contribution in [-0.4, -0.2) is 22.8 Å². The zero-order valence-electron chi connectivity index (χ0n) is 10.4. The van der Waals surface area contributed by atoms with Gasteiger partial charge in [-0.15, -0.1) is 10.2 Å². The molecule has 1 heterocycles. The average molecular weight is 264 g/mol. The molecule has 6 heteroatoms. The van der Waals surface area contributed by atoms with Gasteiger partial charge in [-0.3, -0.25) is 0 Å². The van der Waals surface area contributed by atoms with Crippen molar-refractivity contribution < 1.29 is 8.78 Å². The molecule has 2 rings (SSSR count). The minimum Gasteiger partial charge on any atom is -0.365 e. The third kappa shape index (κ3) is 3.23. The first-order valence-corrected chi connectivity index (χ1v) is 5.86. The molecular weight excluding hydrogens is 250 g/mol. The molecule has 1 aromatic carbocycles. The van der Waals surface area contributed by atoms with E-state index in [1.807, 2.05) is 6.92 Å². The van der Waals surface area contributed by atoms with E-state index in [1.165, 1.54) is 6.07 Å². The lowest BCUT2D eigenvalue weighted by Gasteiger charge is -2.11. The van der Waals surface area contributed by atoms with E-state index in [4.69, 9.17) is 5.73 Å². The summed E-state index contributed by atoms with van der Waals surface area (Å²) in [7, 11) is 0. The van der Waals surface area contributed by atoms with E-state index in [-0.39, 0.29) is 6.04 Å². The summed E-state index contributed by atoms with van der Waals surface area (Å²) in [5.41, 5.74) is 6.44. The van der Waals surface area contributed by atoms with Crippen LogP contribution in [-0.2, 0) is 0 Å². The van der Waals surface area contributed by atoms with Crippen molar-refractivity contribution >= 4 is 5.82 Å². The maximum Gasteiger partial charge on any atom is 0.159 e. The highest BCUT2D eigenvalue weighted by Crippen LogP contribution is 2.19. The van der Waals surface area contributed by atoms with Gasteiger partial charge in [0, 0.05) is 18.2 Å². The van der Waals surface area contributed by atoms with Gasteiger partial charge in [-0.25, -0.2) is 8.78 Å². The molecule has 0 aliphatic rings. The molecule has 1 atom stereocenters. The van der Waals surface area contributed by atoms with Gasteiger partial charge >= 0.3 is 0 Å². The Bertz CT molecular complexity index is 557. The lowest BCUT2D eigenvalue weighted by Crippen LogP contribution is -2.25. The quantitative estimate of drug-likeness (QED) is 0.888. The van der Waals surface area contributed by atoms with E-state index >= 15 is 0 Å². The van der Waals surface area contributed by atoms with Gasteiger partial charge in [0.1, 0.15) is 5.82 Å². The van der Waals surface area contributed by atoms with Gasteiger partial charge in [0.2, 0.25) is 0 Å². The van der Waals surface area contributed by atoms with Crippen molar-refractivity contribution in [3.63, 3.8) is 0 Å². The highest BCUT2D eigenvalue weighted by molar-refractivity contribution is 5.59. The first-order valence-electron chi connectivity index (χ1n) is 5.86. The van der Waals surface area contributed by atoms with Crippen LogP contribution in [0.2, 0.25) is 0 Å². The van der Waals surface area contributed by atoms with Crippen LogP contribution in [0.25, 0.3) is 11.3 Å². The van der Waals surface area contributed by atoms with Crippen molar-refractivity contribution in [2.45, 2.75) is 13.0 Å². The van der Waals surface area contributed by atoms with Crippen LogP contribution in [0.4, 0.5) is 14.6 Å². The highest BCUT2D eigenvalue weighted by Gasteiger charge is 2.07. The topological polar surface area (TPSA) is 63.8 Å². The zero-order valence-corrected chi connectivity index (χ0v) is 10.4. The normalized spacial score (nSPS) is 12.2. The Morgan fingerprint density at radius 3 is 2.53 bits per heavy atom. The second-order valence-corrected chi connectivity index (χ2v) is 4.21. The second kappa shape index (κ2) is 5.71. The van der Waals surface area contributed by atoms with E-state index < -0.39 is 11.6 Å². The number of rotatable bonds is 4. The minimum atomic E-state index is -0.904. The molecule has 0 saturated carbocycles. The molecule has 0 bridgehead atoms. The van der Waals surface area contributed by atoms with Gasteiger partial charge in [0.15, 0.2) is 11.6 Å². The largest absolute Gasteiger partial charge is 0.365 e. The molecular formula is C13H14F2N4. The molecule has 0 aliphatic heterocycles. The average Bonchev–Trinajstić information content (AvgIpc) is 2.42. The number of nitrogens with one attached hydrogen (secondary N) is 1. The minimum absolute atomic E-state index is 0.0865. The van der Waals surface area contributed by atoms with E-state index in [1.54, 1.807) is 12.1 Å². The Morgan fingerprint density at radius 1 is 1.16 bits per heavy atom. The number of halogens is 2. The lowest BCUT2D eigenvalue weighted by atomic mass is 10.1. The number of anilines is 1. The molecule has 1 aromatic heterocycles. The monoisotopic (exact) mass is 264 g/mol. The molecule has 0 aliphatic carbocycles. The molecule has 0 spiro atoms. The Labute approximate surface area is 109 Å². The van der Waals surface area contributed by atoms with Crippen molar-refractivity contribution in [3.8, 4) is 11.3 Å². The smallest absolute Gasteiger partial charge is 0.159 e. The molecule has 4 nitrogen and oxygen atoms in total. The van der Waals surface area contributed by atoms with Gasteiger partial charge in [0.05, 0.1) is 5.69 Å². The van der Waals surface area contributed by atoms with Crippen LogP contribution in [0.3, 0.4) is 0 Å². The number of benzene rings is 1. The first-order chi connectivity index (χ1) is 9.10. The SMILES string of the molecule is CC(CN)Nc1ccc(-c2ccc(F)c(F)c2)nn1. The Kier molecular flexibility index (Phi) is 4.01. The number of nitrogens with two attached hydrogens (primary N) is 1. The Hall–Kier alpha value is -2.08. The lowest BCUT2D eigenvalue weighted by molar-refractivity contribution is 0.509. The second-order valence-electron chi connectivity index (χ2n) is 4.21. The molecule has 1 unspecified atom stereocenters. The Balaban J connectivity index is 2.20. The fourth-order valence-electron chi connectivity index (χ4n) is 1.53. The molecule has 2 aromatic rings. The van der Waals surface area contributed by atoms with Crippen LogP contribution >= 0.6 is 0 Å². The van der Waals surface area contributed by atoms with Gasteiger partial charge in [-0.2, -0.15) is 0 Å². The van der Waals surface area contributed by atoms with E-state index in [0.717, 1.165) is 12.1 Å². The number of nitrogens with zero attached hydrogens (tertiary/aromatic N) is 2. The number of hydrogen-bond acceptors (Lipinski definition) is 4. The van der Waals surface area contributed by atoms with Crippen molar-refractivity contribution in [1.29, 1.82) is 0 Å². The molecule has 19 heavy (non-hydrogen) atoms. The van der Waals surface area contributed by atoms with E-state index in [2.05, 4.69) is 15.5 Å². The fraction of sp³-hybridized carbons (Fsp3) is 0.231. The third-order valence-electron chi connectivity index (χ3n) is 2.63. The van der Waals surface area contributed by atoms with E-state index in [9.17, 15) is 8.78 Å². The predicted octanol–water partition coefficient (Wildman–Crippen LogP) is 2.18. The standard InChI is InChI=1S/C13H14F2N4/c1-8(7-16)17-13-5-4-12(18-19-13)9-2-3-10(14)11(15)6-9/h2-6,8H,7,16H2,1H3,(H,17,19). The number of aromatic nitrogens is 2. The third-order valence-corrected chi connectivity index (χ3v) is 2.63. The summed E-state index contributed by atoms with van der Waals surface area (Å²) >= 11 is 0. The van der Waals surface area contributed by atoms with Crippen molar-refractivity contribution in [1.82, 2.24) is 10.2 Å². The van der Waals surface area contributed by atoms with Crippen LogP contribution in [0, 0.1) is 11.6 Å². The van der Waals surface area contributed by atoms with Gasteiger partial charge in [0.25, 0.3) is 0 Å². The number of hydrogen-bond donors (Lipinski definition) is 2. The van der Waals surface area contributed by atoms with Crippen LogP contribution in [0.1, 0.15) is 6.92 Å². The zero-order chi connectivity index (χ0) is 13.8. The summed E-state index contributed by atoms with van der Waals surface area (Å²) in [6.07, 6.45) is 0. The summed E-state index contributed by atoms with van der Waals surface area (Å²) in [4.78, 5) is 0. The van der Waals surface area contributed by atoms with E-state index in [0.29, 0.717) is 23.6 Å². The van der Waals surface area contributed by atoms with Crippen molar-refractivity contribution in [3.05, 3.63) is 42.0 Å². The molecule has 0 saturated heterocycles. The van der Waals surface area contributed by atoms with Crippen molar-refractivity contribution in [2.24, 2.45) is 5.73 Å². The molecule has 100 valence electrons. The molecule has 0 amide bonds. The molecule has 0 radical (unpaired) electrons. The van der Waals surface area contributed by atoms with Crippen LogP contribution in [0.15, 0.2) is 30.3 Å². The van der Waals surface area contributed by atoms with Gasteiger partial charge in [-0.05, 0) is 37.3 Å². The maximum absolute atomic E-state index is 13.1. The summed E-state index contributed by atoms with van der Waals surface area (Å²) in [6, 6.07) is 7.10. The van der Waals surface area contributed by atoms with Gasteiger partial charge < -0.3 is 11.1 Å². The summed E-state index contributed by atoms with van der Waals surface area (Å²) in [6.45, 7) is 2.40. The highest BCUT2D eigenvalue weighted by atomic mass is 19.2. The first kappa shape index (κ1) is 13.4. The summed E-state index contributed by atoms with van der Waals surface area (Å²) in [5, 5.41) is 11.0. The summed E-state index contributed by atoms with van der Waals surface area (Å²) < 4.78 is 25.9. The van der Waals surface area contributed by atoms with Crippen LogP contribution in [0.5, 0.6) is 0 Å². The fourth-order valence-corrected chi connectivity index (χ4v) is 1.53. The maximum atomic E-state index is 13.1. The van der Waals surface area contributed by atoms with Crippen LogP contribution < -0.4 is 11.1 Å². The summed E-state index contributed by atoms with van der Waals surface area (Å²) in [5.74, 6) is -1.20.